The molecule has 0 radical (unpaired) electrons. The molecular weight excluding hydrogens is 823 g/mol. The van der Waals surface area contributed by atoms with E-state index in [9.17, 15) is 0 Å². The summed E-state index contributed by atoms with van der Waals surface area (Å²) in [6, 6.07) is 86.6. The molecule has 11 aromatic rings. The van der Waals surface area contributed by atoms with E-state index in [2.05, 4.69) is 270 Å². The van der Waals surface area contributed by atoms with Gasteiger partial charge >= 0.3 is 0 Å². The quantitative estimate of drug-likeness (QED) is 0.139. The van der Waals surface area contributed by atoms with E-state index < -0.39 is 0 Å². The highest BCUT2D eigenvalue weighted by atomic mass is 15.3. The lowest BCUT2D eigenvalue weighted by Gasteiger charge is -2.29. The predicted octanol–water partition coefficient (Wildman–Crippen LogP) is 16.4. The summed E-state index contributed by atoms with van der Waals surface area (Å²) in [4.78, 5) is 7.72. The van der Waals surface area contributed by atoms with Crippen LogP contribution in [0.25, 0.3) is 93.9 Å². The van der Waals surface area contributed by atoms with Crippen molar-refractivity contribution in [2.45, 2.75) is 12.1 Å². The van der Waals surface area contributed by atoms with E-state index >= 15 is 0 Å². The molecule has 2 heterocycles. The third kappa shape index (κ3) is 6.79. The first-order valence-electron chi connectivity index (χ1n) is 23.5. The number of aliphatic imine (C=N–C) groups is 1. The molecule has 1 aliphatic carbocycles. The monoisotopic (exact) mass is 867 g/mol. The van der Waals surface area contributed by atoms with Crippen LogP contribution in [0.15, 0.2) is 266 Å². The number of allylic oxidation sites excluding steroid dienone is 2. The topological polar surface area (TPSA) is 20.5 Å². The van der Waals surface area contributed by atoms with Crippen LogP contribution < -0.4 is 4.90 Å². The first-order chi connectivity index (χ1) is 33.7. The van der Waals surface area contributed by atoms with Crippen molar-refractivity contribution in [3.63, 3.8) is 0 Å². The number of para-hydroxylation sites is 3. The minimum absolute atomic E-state index is 0.0635. The molecule has 2 unspecified atom stereocenters. The van der Waals surface area contributed by atoms with Crippen molar-refractivity contribution in [2.24, 2.45) is 4.99 Å². The molecule has 10 aromatic carbocycles. The number of amidine groups is 1. The molecule has 13 rings (SSSR count). The predicted molar refractivity (Wildman–Crippen MR) is 287 cm³/mol. The SMILES string of the molecule is C1=CC2N=C(c3ccc(-c4c5ccc(-c6ccccc6)cc5c(-c5ccc(-c6cc7ccccc7n6-c6ccccc6)cc5)c5ccc(-c6ccccc6)cc45)cc3)N(c3ccccc3)C2C=C1. The molecule has 3 heteroatoms. The van der Waals surface area contributed by atoms with Crippen LogP contribution in [0.1, 0.15) is 5.56 Å². The Labute approximate surface area is 396 Å². The highest BCUT2D eigenvalue weighted by molar-refractivity contribution is 6.23. The fourth-order valence-electron chi connectivity index (χ4n) is 10.7. The Balaban J connectivity index is 1.01. The molecule has 320 valence electrons. The summed E-state index contributed by atoms with van der Waals surface area (Å²) in [5, 5.41) is 6.08. The fourth-order valence-corrected chi connectivity index (χ4v) is 10.7. The van der Waals surface area contributed by atoms with Crippen molar-refractivity contribution >= 4 is 44.0 Å². The largest absolute Gasteiger partial charge is 0.317 e. The van der Waals surface area contributed by atoms with E-state index in [1.54, 1.807) is 0 Å². The van der Waals surface area contributed by atoms with Crippen LogP contribution in [0.5, 0.6) is 0 Å². The third-order valence-electron chi connectivity index (χ3n) is 13.9. The molecule has 2 aliphatic rings. The van der Waals surface area contributed by atoms with E-state index in [1.165, 1.54) is 88.2 Å². The minimum Gasteiger partial charge on any atom is -0.317 e. The third-order valence-corrected chi connectivity index (χ3v) is 13.9. The molecule has 0 amide bonds. The van der Waals surface area contributed by atoms with Crippen LogP contribution in [-0.2, 0) is 0 Å². The number of aromatic nitrogens is 1. The number of nitrogens with zero attached hydrogens (tertiary/aromatic N) is 3. The number of anilines is 1. The summed E-state index contributed by atoms with van der Waals surface area (Å²) in [6.45, 7) is 0. The van der Waals surface area contributed by atoms with E-state index in [0.29, 0.717) is 0 Å². The number of fused-ring (bicyclic) bond motifs is 4. The minimum atomic E-state index is 0.0635. The van der Waals surface area contributed by atoms with Gasteiger partial charge in [0.1, 0.15) is 5.84 Å². The van der Waals surface area contributed by atoms with Crippen LogP contribution in [0.2, 0.25) is 0 Å². The molecule has 0 saturated carbocycles. The fraction of sp³-hybridized carbons (Fsp3) is 0.0308. The molecule has 0 spiro atoms. The van der Waals surface area contributed by atoms with E-state index in [1.807, 2.05) is 0 Å². The second kappa shape index (κ2) is 16.6. The van der Waals surface area contributed by atoms with Crippen molar-refractivity contribution in [2.75, 3.05) is 4.90 Å². The second-order valence-electron chi connectivity index (χ2n) is 17.8. The van der Waals surface area contributed by atoms with Gasteiger partial charge in [-0.3, -0.25) is 4.99 Å². The highest BCUT2D eigenvalue weighted by Gasteiger charge is 2.35. The summed E-state index contributed by atoms with van der Waals surface area (Å²) >= 11 is 0. The molecule has 3 nitrogen and oxygen atoms in total. The number of benzene rings is 10. The Morgan fingerprint density at radius 1 is 0.338 bits per heavy atom. The van der Waals surface area contributed by atoms with Crippen LogP contribution in [0.3, 0.4) is 0 Å². The van der Waals surface area contributed by atoms with Crippen LogP contribution in [0.4, 0.5) is 5.69 Å². The van der Waals surface area contributed by atoms with Crippen molar-refractivity contribution in [3.8, 4) is 61.5 Å². The molecule has 0 N–H and O–H groups in total. The lowest BCUT2D eigenvalue weighted by molar-refractivity contribution is 0.739. The first kappa shape index (κ1) is 39.6. The number of hydrogen-bond acceptors (Lipinski definition) is 2. The average molecular weight is 868 g/mol. The summed E-state index contributed by atoms with van der Waals surface area (Å²) in [7, 11) is 0. The lowest BCUT2D eigenvalue weighted by Crippen LogP contribution is -2.39. The summed E-state index contributed by atoms with van der Waals surface area (Å²) < 4.78 is 2.38. The summed E-state index contributed by atoms with van der Waals surface area (Å²) in [5.74, 6) is 0.991. The standard InChI is InChI=1S/C65H45N3/c1-5-17-44(18-6-1)50-38-40-56-57(41-50)63(47-31-29-46(30-32-47)62-43-52-21-13-15-27-60(52)67(62)53-22-9-3-10-23-53)55-39-37-51(45-19-7-2-8-20-45)42-58(55)64(56)48-33-35-49(36-34-48)65-66-59-26-14-16-28-61(59)68(65)54-24-11-4-12-25-54/h1-43,59,61H. The van der Waals surface area contributed by atoms with Gasteiger partial charge in [0.15, 0.2) is 0 Å². The maximum absolute atomic E-state index is 5.33. The van der Waals surface area contributed by atoms with Crippen molar-refractivity contribution in [3.05, 3.63) is 266 Å². The number of rotatable bonds is 8. The molecule has 2 atom stereocenters. The molecular formula is C65H45N3. The van der Waals surface area contributed by atoms with Gasteiger partial charge in [-0.1, -0.05) is 212 Å². The van der Waals surface area contributed by atoms with Gasteiger partial charge in [0.25, 0.3) is 0 Å². The zero-order valence-electron chi connectivity index (χ0n) is 37.3. The van der Waals surface area contributed by atoms with Gasteiger partial charge in [0, 0.05) is 22.3 Å². The molecule has 1 aliphatic heterocycles. The maximum Gasteiger partial charge on any atom is 0.136 e. The van der Waals surface area contributed by atoms with E-state index in [0.717, 1.165) is 22.8 Å². The zero-order valence-corrected chi connectivity index (χ0v) is 37.3. The van der Waals surface area contributed by atoms with E-state index in [-0.39, 0.29) is 12.1 Å². The Morgan fingerprint density at radius 3 is 1.40 bits per heavy atom. The Bertz CT molecular complexity index is 3750. The smallest absolute Gasteiger partial charge is 0.136 e. The van der Waals surface area contributed by atoms with Gasteiger partial charge in [-0.15, -0.1) is 0 Å². The highest BCUT2D eigenvalue weighted by Crippen LogP contribution is 2.47. The van der Waals surface area contributed by atoms with Crippen LogP contribution in [-0.4, -0.2) is 22.5 Å². The Kier molecular flexibility index (Phi) is 9.64. The van der Waals surface area contributed by atoms with Crippen LogP contribution >= 0.6 is 0 Å². The zero-order chi connectivity index (χ0) is 45.0. The van der Waals surface area contributed by atoms with Crippen molar-refractivity contribution < 1.29 is 0 Å². The van der Waals surface area contributed by atoms with Gasteiger partial charge in [0.05, 0.1) is 23.3 Å². The summed E-state index contributed by atoms with van der Waals surface area (Å²) in [6.07, 6.45) is 8.75. The summed E-state index contributed by atoms with van der Waals surface area (Å²) in [5.41, 5.74) is 16.5. The molecule has 1 aromatic heterocycles. The molecule has 0 saturated heterocycles. The number of hydrogen-bond donors (Lipinski definition) is 0. The van der Waals surface area contributed by atoms with Crippen molar-refractivity contribution in [1.29, 1.82) is 0 Å². The second-order valence-corrected chi connectivity index (χ2v) is 17.8. The van der Waals surface area contributed by atoms with Crippen molar-refractivity contribution in [1.82, 2.24) is 4.57 Å². The van der Waals surface area contributed by atoms with Gasteiger partial charge < -0.3 is 9.47 Å². The Hall–Kier alpha value is -8.79. The van der Waals surface area contributed by atoms with Gasteiger partial charge in [-0.2, -0.15) is 0 Å². The van der Waals surface area contributed by atoms with Gasteiger partial charge in [-0.05, 0) is 120 Å². The van der Waals surface area contributed by atoms with E-state index in [4.69, 9.17) is 4.99 Å². The molecule has 0 fully saturated rings. The first-order valence-corrected chi connectivity index (χ1v) is 23.5. The maximum atomic E-state index is 5.33. The van der Waals surface area contributed by atoms with Crippen LogP contribution in [0, 0.1) is 0 Å². The van der Waals surface area contributed by atoms with Gasteiger partial charge in [-0.25, -0.2) is 0 Å². The Morgan fingerprint density at radius 2 is 0.809 bits per heavy atom. The van der Waals surface area contributed by atoms with Gasteiger partial charge in [0.2, 0.25) is 0 Å². The average Bonchev–Trinajstić information content (AvgIpc) is 4.01. The molecule has 68 heavy (non-hydrogen) atoms. The molecule has 0 bridgehead atoms. The normalized spacial score (nSPS) is 15.3. The lowest BCUT2D eigenvalue weighted by atomic mass is 9.83.